The van der Waals surface area contributed by atoms with Crippen molar-refractivity contribution < 1.29 is 19.4 Å². The Bertz CT molecular complexity index is 416. The third-order valence-corrected chi connectivity index (χ3v) is 2.88. The fraction of sp³-hybridized carbons (Fsp3) is 0.500. The number of likely N-dealkylation sites (N-methyl/N-ethyl adjacent to an activating group) is 1. The number of rotatable bonds is 7. The lowest BCUT2D eigenvalue weighted by Gasteiger charge is -2.19. The Morgan fingerprint density at radius 1 is 1.26 bits per heavy atom. The van der Waals surface area contributed by atoms with E-state index in [0.717, 1.165) is 0 Å². The standard InChI is InChI=1S/C14H21NO4/c1-4-15(5-2)14(17)10-19-13-8-11(9-16)6-7-12(13)18-3/h6-8,16H,4-5,9-10H2,1-3H3. The van der Waals surface area contributed by atoms with Gasteiger partial charge in [-0.2, -0.15) is 0 Å². The van der Waals surface area contributed by atoms with E-state index in [2.05, 4.69) is 0 Å². The van der Waals surface area contributed by atoms with Gasteiger partial charge in [0.05, 0.1) is 13.7 Å². The van der Waals surface area contributed by atoms with Crippen LogP contribution in [-0.2, 0) is 11.4 Å². The van der Waals surface area contributed by atoms with Crippen LogP contribution in [-0.4, -0.2) is 42.7 Å². The van der Waals surface area contributed by atoms with Gasteiger partial charge in [-0.3, -0.25) is 4.79 Å². The molecule has 0 unspecified atom stereocenters. The summed E-state index contributed by atoms with van der Waals surface area (Å²) in [7, 11) is 1.53. The SMILES string of the molecule is CCN(CC)C(=O)COc1cc(CO)ccc1OC. The van der Waals surface area contributed by atoms with E-state index >= 15 is 0 Å². The quantitative estimate of drug-likeness (QED) is 0.812. The van der Waals surface area contributed by atoms with Gasteiger partial charge in [0.15, 0.2) is 18.1 Å². The zero-order chi connectivity index (χ0) is 14.3. The number of benzene rings is 1. The second-order valence-electron chi connectivity index (χ2n) is 4.00. The van der Waals surface area contributed by atoms with Crippen LogP contribution in [0.2, 0.25) is 0 Å². The van der Waals surface area contributed by atoms with Gasteiger partial charge < -0.3 is 19.5 Å². The predicted molar refractivity (Wildman–Crippen MR) is 72.3 cm³/mol. The highest BCUT2D eigenvalue weighted by atomic mass is 16.5. The molecular weight excluding hydrogens is 246 g/mol. The molecule has 5 heteroatoms. The lowest BCUT2D eigenvalue weighted by molar-refractivity contribution is -0.132. The summed E-state index contributed by atoms with van der Waals surface area (Å²) in [5.74, 6) is 0.945. The topological polar surface area (TPSA) is 59.0 Å². The van der Waals surface area contributed by atoms with Crippen LogP contribution < -0.4 is 9.47 Å². The molecular formula is C14H21NO4. The van der Waals surface area contributed by atoms with Crippen LogP contribution in [0.15, 0.2) is 18.2 Å². The normalized spacial score (nSPS) is 10.1. The van der Waals surface area contributed by atoms with Gasteiger partial charge in [-0.15, -0.1) is 0 Å². The first-order valence-electron chi connectivity index (χ1n) is 6.34. The molecule has 0 saturated carbocycles. The lowest BCUT2D eigenvalue weighted by atomic mass is 10.2. The van der Waals surface area contributed by atoms with Gasteiger partial charge in [-0.25, -0.2) is 0 Å². The van der Waals surface area contributed by atoms with Crippen molar-refractivity contribution in [3.05, 3.63) is 23.8 Å². The molecule has 1 aromatic rings. The van der Waals surface area contributed by atoms with Gasteiger partial charge in [-0.05, 0) is 31.5 Å². The first-order valence-corrected chi connectivity index (χ1v) is 6.34. The van der Waals surface area contributed by atoms with Gasteiger partial charge in [-0.1, -0.05) is 6.07 Å². The molecule has 0 aliphatic rings. The third-order valence-electron chi connectivity index (χ3n) is 2.88. The van der Waals surface area contributed by atoms with Crippen molar-refractivity contribution in [3.8, 4) is 11.5 Å². The van der Waals surface area contributed by atoms with Crippen molar-refractivity contribution >= 4 is 5.91 Å². The van der Waals surface area contributed by atoms with Gasteiger partial charge in [0.2, 0.25) is 0 Å². The summed E-state index contributed by atoms with van der Waals surface area (Å²) < 4.78 is 10.6. The van der Waals surface area contributed by atoms with Crippen molar-refractivity contribution in [2.45, 2.75) is 20.5 Å². The summed E-state index contributed by atoms with van der Waals surface area (Å²) in [6.45, 7) is 5.05. The van der Waals surface area contributed by atoms with E-state index in [1.807, 2.05) is 13.8 Å². The van der Waals surface area contributed by atoms with E-state index in [0.29, 0.717) is 30.2 Å². The Kier molecular flexibility index (Phi) is 6.15. The molecule has 0 spiro atoms. The minimum Gasteiger partial charge on any atom is -0.493 e. The monoisotopic (exact) mass is 267 g/mol. The highest BCUT2D eigenvalue weighted by Crippen LogP contribution is 2.28. The molecule has 106 valence electrons. The van der Waals surface area contributed by atoms with Crippen molar-refractivity contribution in [1.82, 2.24) is 4.90 Å². The number of aliphatic hydroxyl groups is 1. The molecule has 0 aliphatic heterocycles. The van der Waals surface area contributed by atoms with E-state index in [-0.39, 0.29) is 19.1 Å². The second kappa shape index (κ2) is 7.63. The first kappa shape index (κ1) is 15.3. The Labute approximate surface area is 113 Å². The molecule has 0 saturated heterocycles. The fourth-order valence-electron chi connectivity index (χ4n) is 1.74. The molecule has 0 atom stereocenters. The minimum absolute atomic E-state index is 0.0348. The summed E-state index contributed by atoms with van der Waals surface area (Å²) >= 11 is 0. The van der Waals surface area contributed by atoms with Gasteiger partial charge >= 0.3 is 0 Å². The molecule has 0 aromatic heterocycles. The summed E-state index contributed by atoms with van der Waals surface area (Å²) in [6.07, 6.45) is 0. The molecule has 0 aliphatic carbocycles. The largest absolute Gasteiger partial charge is 0.493 e. The molecule has 1 aromatic carbocycles. The number of carbonyl (C=O) groups is 1. The molecule has 1 N–H and O–H groups in total. The molecule has 5 nitrogen and oxygen atoms in total. The minimum atomic E-state index is -0.0790. The van der Waals surface area contributed by atoms with Crippen LogP contribution in [0.3, 0.4) is 0 Å². The van der Waals surface area contributed by atoms with Crippen LogP contribution >= 0.6 is 0 Å². The number of ether oxygens (including phenoxy) is 2. The van der Waals surface area contributed by atoms with Gasteiger partial charge in [0, 0.05) is 13.1 Å². The third kappa shape index (κ3) is 4.13. The van der Waals surface area contributed by atoms with Crippen molar-refractivity contribution in [3.63, 3.8) is 0 Å². The summed E-state index contributed by atoms with van der Waals surface area (Å²) in [6, 6.07) is 5.13. The molecule has 19 heavy (non-hydrogen) atoms. The Morgan fingerprint density at radius 2 is 1.95 bits per heavy atom. The fourth-order valence-corrected chi connectivity index (χ4v) is 1.74. The maximum atomic E-state index is 11.8. The average molecular weight is 267 g/mol. The van der Waals surface area contributed by atoms with E-state index in [1.54, 1.807) is 23.1 Å². The van der Waals surface area contributed by atoms with Crippen LogP contribution in [0, 0.1) is 0 Å². The van der Waals surface area contributed by atoms with Crippen LogP contribution in [0.5, 0.6) is 11.5 Å². The van der Waals surface area contributed by atoms with Crippen LogP contribution in [0.25, 0.3) is 0 Å². The molecule has 0 heterocycles. The number of carbonyl (C=O) groups excluding carboxylic acids is 1. The summed E-state index contributed by atoms with van der Waals surface area (Å²) in [4.78, 5) is 13.5. The Morgan fingerprint density at radius 3 is 2.47 bits per heavy atom. The zero-order valence-electron chi connectivity index (χ0n) is 11.7. The Hall–Kier alpha value is -1.75. The highest BCUT2D eigenvalue weighted by molar-refractivity contribution is 5.77. The highest BCUT2D eigenvalue weighted by Gasteiger charge is 2.12. The molecule has 0 radical (unpaired) electrons. The van der Waals surface area contributed by atoms with E-state index in [1.165, 1.54) is 7.11 Å². The predicted octanol–water partition coefficient (Wildman–Crippen LogP) is 1.43. The molecule has 1 rings (SSSR count). The number of hydrogen-bond donors (Lipinski definition) is 1. The average Bonchev–Trinajstić information content (AvgIpc) is 2.45. The van der Waals surface area contributed by atoms with Crippen molar-refractivity contribution in [2.24, 2.45) is 0 Å². The van der Waals surface area contributed by atoms with Crippen molar-refractivity contribution in [2.75, 3.05) is 26.8 Å². The van der Waals surface area contributed by atoms with E-state index in [9.17, 15) is 4.79 Å². The van der Waals surface area contributed by atoms with Gasteiger partial charge in [0.25, 0.3) is 5.91 Å². The zero-order valence-corrected chi connectivity index (χ0v) is 11.7. The van der Waals surface area contributed by atoms with E-state index in [4.69, 9.17) is 14.6 Å². The maximum Gasteiger partial charge on any atom is 0.260 e. The lowest BCUT2D eigenvalue weighted by Crippen LogP contribution is -2.34. The summed E-state index contributed by atoms with van der Waals surface area (Å²) in [5.41, 5.74) is 0.714. The van der Waals surface area contributed by atoms with Crippen molar-refractivity contribution in [1.29, 1.82) is 0 Å². The smallest absolute Gasteiger partial charge is 0.260 e. The number of hydrogen-bond acceptors (Lipinski definition) is 4. The maximum absolute atomic E-state index is 11.8. The van der Waals surface area contributed by atoms with Crippen LogP contribution in [0.1, 0.15) is 19.4 Å². The first-order chi connectivity index (χ1) is 9.15. The molecule has 0 bridgehead atoms. The number of methoxy groups -OCH3 is 1. The van der Waals surface area contributed by atoms with E-state index < -0.39 is 0 Å². The van der Waals surface area contributed by atoms with Crippen LogP contribution in [0.4, 0.5) is 0 Å². The number of aliphatic hydroxyl groups excluding tert-OH is 1. The summed E-state index contributed by atoms with van der Waals surface area (Å²) in [5, 5.41) is 9.10. The van der Waals surface area contributed by atoms with Gasteiger partial charge in [0.1, 0.15) is 0 Å². The second-order valence-corrected chi connectivity index (χ2v) is 4.00. The number of nitrogens with zero attached hydrogens (tertiary/aromatic N) is 1. The molecule has 0 fully saturated rings. The molecule has 1 amide bonds. The Balaban J connectivity index is 2.73. The number of amides is 1.